The quantitative estimate of drug-likeness (QED) is 0.396. The lowest BCUT2D eigenvalue weighted by molar-refractivity contribution is -0.394. The number of nitrogens with zero attached hydrogens (tertiary/aromatic N) is 6. The van der Waals surface area contributed by atoms with E-state index in [1.807, 2.05) is 0 Å². The first kappa shape index (κ1) is 19.0. The molecule has 27 heavy (non-hydrogen) atoms. The smallest absolute Gasteiger partial charge is 0.258 e. The molecule has 2 aromatic carbocycles. The van der Waals surface area contributed by atoms with Crippen LogP contribution in [0.2, 0.25) is 0 Å². The van der Waals surface area contributed by atoms with Crippen molar-refractivity contribution in [3.63, 3.8) is 0 Å². The Balaban J connectivity index is 2.32. The molecule has 0 aliphatic rings. The molecule has 2 rings (SSSR count). The van der Waals surface area contributed by atoms with Crippen LogP contribution in [0.3, 0.4) is 0 Å². The molecule has 0 heterocycles. The topological polar surface area (TPSA) is 197 Å². The van der Waals surface area contributed by atoms with Gasteiger partial charge in [0.15, 0.2) is 0 Å². The van der Waals surface area contributed by atoms with Gasteiger partial charge in [-0.15, -0.1) is 0 Å². The summed E-state index contributed by atoms with van der Waals surface area (Å²) < 4.78 is 0. The number of hydrogen-bond acceptors (Lipinski definition) is 10. The van der Waals surface area contributed by atoms with Crippen molar-refractivity contribution in [1.29, 1.82) is 0 Å². The second-order valence-corrected chi connectivity index (χ2v) is 4.99. The first-order chi connectivity index (χ1) is 12.7. The molecule has 0 amide bonds. The van der Waals surface area contributed by atoms with Crippen LogP contribution in [0.25, 0.3) is 0 Å². The van der Waals surface area contributed by atoms with Crippen LogP contribution in [0.5, 0.6) is 0 Å². The van der Waals surface area contributed by atoms with E-state index in [1.165, 1.54) is 0 Å². The van der Waals surface area contributed by atoms with Crippen LogP contribution in [-0.2, 0) is 6.54 Å². The molecule has 0 radical (unpaired) electrons. The Kier molecular flexibility index (Phi) is 5.40. The summed E-state index contributed by atoms with van der Waals surface area (Å²) in [7, 11) is 0. The molecule has 0 atom stereocenters. The molecule has 0 aliphatic heterocycles. The fraction of sp³-hybridized carbons (Fsp3) is 0.0769. The monoisotopic (exact) mass is 376 g/mol. The van der Waals surface area contributed by atoms with Crippen LogP contribution in [0, 0.1) is 40.5 Å². The highest BCUT2D eigenvalue weighted by molar-refractivity contribution is 5.55. The van der Waals surface area contributed by atoms with Gasteiger partial charge in [0.1, 0.15) is 0 Å². The molecule has 0 bridgehead atoms. The zero-order chi connectivity index (χ0) is 20.1. The molecular weight excluding hydrogens is 368 g/mol. The van der Waals surface area contributed by atoms with E-state index in [2.05, 4.69) is 10.2 Å². The first-order valence-corrected chi connectivity index (χ1v) is 6.91. The average Bonchev–Trinajstić information content (AvgIpc) is 2.61. The Labute approximate surface area is 148 Å². The number of benzene rings is 2. The second kappa shape index (κ2) is 7.68. The van der Waals surface area contributed by atoms with E-state index in [9.17, 15) is 40.5 Å². The van der Waals surface area contributed by atoms with Gasteiger partial charge in [-0.25, -0.2) is 0 Å². The van der Waals surface area contributed by atoms with Crippen molar-refractivity contribution in [2.24, 2.45) is 10.2 Å². The molecule has 0 saturated carbocycles. The summed E-state index contributed by atoms with van der Waals surface area (Å²) >= 11 is 0. The fourth-order valence-corrected chi connectivity index (χ4v) is 2.01. The minimum atomic E-state index is -0.837. The van der Waals surface area contributed by atoms with E-state index in [0.29, 0.717) is 0 Å². The van der Waals surface area contributed by atoms with Gasteiger partial charge in [0.25, 0.3) is 22.7 Å². The maximum Gasteiger partial charge on any atom is 0.278 e. The van der Waals surface area contributed by atoms with Crippen molar-refractivity contribution in [3.8, 4) is 0 Å². The van der Waals surface area contributed by atoms with Crippen molar-refractivity contribution in [2.75, 3.05) is 0 Å². The van der Waals surface area contributed by atoms with Crippen molar-refractivity contribution < 1.29 is 19.7 Å². The highest BCUT2D eigenvalue weighted by Crippen LogP contribution is 2.28. The predicted molar refractivity (Wildman–Crippen MR) is 87.7 cm³/mol. The van der Waals surface area contributed by atoms with Crippen LogP contribution in [-0.4, -0.2) is 19.7 Å². The first-order valence-electron chi connectivity index (χ1n) is 6.91. The number of rotatable bonds is 7. The van der Waals surface area contributed by atoms with E-state index in [-0.39, 0.29) is 17.8 Å². The minimum Gasteiger partial charge on any atom is -0.258 e. The zero-order valence-corrected chi connectivity index (χ0v) is 13.1. The van der Waals surface area contributed by atoms with Crippen LogP contribution in [0.4, 0.5) is 28.4 Å². The zero-order valence-electron chi connectivity index (χ0n) is 13.1. The van der Waals surface area contributed by atoms with E-state index in [0.717, 1.165) is 36.4 Å². The average molecular weight is 376 g/mol. The van der Waals surface area contributed by atoms with Gasteiger partial charge in [0.2, 0.25) is 0 Å². The predicted octanol–water partition coefficient (Wildman–Crippen LogP) is 3.60. The number of hydrogen-bond donors (Lipinski definition) is 0. The molecule has 0 aliphatic carbocycles. The lowest BCUT2D eigenvalue weighted by atomic mass is 10.2. The highest BCUT2D eigenvalue weighted by Gasteiger charge is 2.17. The van der Waals surface area contributed by atoms with E-state index in [1.54, 1.807) is 0 Å². The second-order valence-electron chi connectivity index (χ2n) is 4.99. The normalized spacial score (nSPS) is 10.7. The van der Waals surface area contributed by atoms with Crippen molar-refractivity contribution in [3.05, 3.63) is 82.4 Å². The van der Waals surface area contributed by atoms with Gasteiger partial charge in [-0.3, -0.25) is 40.5 Å². The lowest BCUT2D eigenvalue weighted by Crippen LogP contribution is -1.95. The summed E-state index contributed by atoms with van der Waals surface area (Å²) in [6.07, 6.45) is 0. The highest BCUT2D eigenvalue weighted by atomic mass is 16.6. The van der Waals surface area contributed by atoms with Gasteiger partial charge in [0, 0.05) is 24.3 Å². The third-order valence-electron chi connectivity index (χ3n) is 3.13. The number of non-ortho nitro benzene ring substituents is 4. The summed E-state index contributed by atoms with van der Waals surface area (Å²) in [6.45, 7) is -0.320. The Morgan fingerprint density at radius 2 is 1.00 bits per heavy atom. The minimum absolute atomic E-state index is 0.0968. The molecular formula is C13H8N6O8. The Bertz CT molecular complexity index is 924. The molecule has 0 N–H and O–H groups in total. The van der Waals surface area contributed by atoms with Gasteiger partial charge < -0.3 is 0 Å². The molecule has 14 nitrogen and oxygen atoms in total. The lowest BCUT2D eigenvalue weighted by Gasteiger charge is -1.99. The molecule has 2 aromatic rings. The van der Waals surface area contributed by atoms with Gasteiger partial charge >= 0.3 is 0 Å². The Morgan fingerprint density at radius 3 is 1.37 bits per heavy atom. The molecule has 0 unspecified atom stereocenters. The molecule has 14 heteroatoms. The van der Waals surface area contributed by atoms with Gasteiger partial charge in [0.05, 0.1) is 44.1 Å². The van der Waals surface area contributed by atoms with Crippen LogP contribution >= 0.6 is 0 Å². The van der Waals surface area contributed by atoms with Crippen LogP contribution in [0.1, 0.15) is 5.56 Å². The van der Waals surface area contributed by atoms with Gasteiger partial charge in [-0.2, -0.15) is 10.2 Å². The maximum absolute atomic E-state index is 10.8. The van der Waals surface area contributed by atoms with Crippen molar-refractivity contribution in [1.82, 2.24) is 0 Å². The third kappa shape index (κ3) is 4.81. The fourth-order valence-electron chi connectivity index (χ4n) is 2.01. The summed E-state index contributed by atoms with van der Waals surface area (Å²) in [5.74, 6) is 0. The van der Waals surface area contributed by atoms with Crippen molar-refractivity contribution >= 4 is 28.4 Å². The standard InChI is InChI=1S/C13H8N6O8/c20-16(21)10-1-8(2-11(5-10)17(22)23)7-14-15-9-3-12(18(24)25)6-13(4-9)19(26)27/h1-6H,7H2. The van der Waals surface area contributed by atoms with E-state index in [4.69, 9.17) is 0 Å². The van der Waals surface area contributed by atoms with Crippen LogP contribution in [0.15, 0.2) is 46.6 Å². The molecule has 0 fully saturated rings. The number of azo groups is 1. The van der Waals surface area contributed by atoms with Crippen LogP contribution < -0.4 is 0 Å². The molecule has 0 saturated heterocycles. The molecule has 138 valence electrons. The van der Waals surface area contributed by atoms with Crippen molar-refractivity contribution in [2.45, 2.75) is 6.54 Å². The Hall–Kier alpha value is -4.36. The van der Waals surface area contributed by atoms with Gasteiger partial charge in [-0.05, 0) is 5.56 Å². The number of nitro benzene ring substituents is 4. The largest absolute Gasteiger partial charge is 0.278 e. The SMILES string of the molecule is O=[N+]([O-])c1cc(CN=Nc2cc([N+](=O)[O-])cc([N+](=O)[O-])c2)cc([N+](=O)[O-])c1. The van der Waals surface area contributed by atoms with Gasteiger partial charge in [-0.1, -0.05) is 0 Å². The molecule has 0 aromatic heterocycles. The van der Waals surface area contributed by atoms with E-state index < -0.39 is 42.4 Å². The Morgan fingerprint density at radius 1 is 0.630 bits per heavy atom. The summed E-state index contributed by atoms with van der Waals surface area (Å²) in [4.78, 5) is 40.0. The third-order valence-corrected chi connectivity index (χ3v) is 3.13. The summed E-state index contributed by atoms with van der Waals surface area (Å²) in [5, 5.41) is 50.5. The maximum atomic E-state index is 10.8. The molecule has 0 spiro atoms. The summed E-state index contributed by atoms with van der Waals surface area (Å²) in [6, 6.07) is 5.55. The summed E-state index contributed by atoms with van der Waals surface area (Å²) in [5.41, 5.74) is -2.25. The van der Waals surface area contributed by atoms with E-state index >= 15 is 0 Å². The number of nitro groups is 4.